The third-order valence-corrected chi connectivity index (χ3v) is 1.85. The second-order valence-electron chi connectivity index (χ2n) is 4.78. The Kier molecular flexibility index (Phi) is 5.11. The van der Waals surface area contributed by atoms with Gasteiger partial charge >= 0.3 is 6.09 Å². The lowest BCUT2D eigenvalue weighted by molar-refractivity contribution is 0.0536. The number of carbonyl (C=O) groups excluding carboxylic acids is 1. The largest absolute Gasteiger partial charge is 0.506 e. The van der Waals surface area contributed by atoms with Crippen LogP contribution in [0.3, 0.4) is 0 Å². The van der Waals surface area contributed by atoms with Crippen LogP contribution in [-0.4, -0.2) is 26.4 Å². The molecule has 0 atom stereocenters. The Bertz CT molecular complexity index is 474. The van der Waals surface area contributed by atoms with Gasteiger partial charge in [0, 0.05) is 18.6 Å². The van der Waals surface area contributed by atoms with Gasteiger partial charge in [0.15, 0.2) is 0 Å². The molecule has 2 aromatic rings. The second-order valence-corrected chi connectivity index (χ2v) is 4.78. The first-order valence-corrected chi connectivity index (χ1v) is 5.84. The minimum absolute atomic E-state index is 0.0471. The Morgan fingerprint density at radius 2 is 1.89 bits per heavy atom. The first-order chi connectivity index (χ1) is 8.88. The second kappa shape index (κ2) is 6.58. The predicted molar refractivity (Wildman–Crippen MR) is 72.0 cm³/mol. The molecule has 0 unspecified atom stereocenters. The first kappa shape index (κ1) is 14.8. The molecule has 102 valence electrons. The molecule has 0 saturated carbocycles. The van der Waals surface area contributed by atoms with E-state index in [2.05, 4.69) is 4.98 Å². The fraction of sp³-hybridized carbons (Fsp3) is 0.286. The summed E-state index contributed by atoms with van der Waals surface area (Å²) in [6.07, 6.45) is 5.75. The van der Waals surface area contributed by atoms with Crippen molar-refractivity contribution in [3.05, 3.63) is 49.1 Å². The molecule has 0 radical (unpaired) electrons. The molecule has 0 aliphatic carbocycles. The number of hydrogen-bond acceptors (Lipinski definition) is 4. The molecular formula is C14H18N2O3. The lowest BCUT2D eigenvalue weighted by Gasteiger charge is -2.19. The van der Waals surface area contributed by atoms with Crippen molar-refractivity contribution < 1.29 is 14.6 Å². The Labute approximate surface area is 112 Å². The third kappa shape index (κ3) is 6.26. The van der Waals surface area contributed by atoms with Gasteiger partial charge in [-0.25, -0.2) is 4.79 Å². The Hall–Kier alpha value is -2.30. The van der Waals surface area contributed by atoms with E-state index in [1.807, 2.05) is 18.2 Å². The molecule has 1 N–H and O–H groups in total. The molecular weight excluding hydrogens is 244 g/mol. The topological polar surface area (TPSA) is 64.3 Å². The molecule has 0 fully saturated rings. The van der Waals surface area contributed by atoms with Crippen LogP contribution < -0.4 is 0 Å². The highest BCUT2D eigenvalue weighted by Gasteiger charge is 2.17. The van der Waals surface area contributed by atoms with E-state index in [1.54, 1.807) is 33.2 Å². The summed E-state index contributed by atoms with van der Waals surface area (Å²) in [5.74, 6) is 0.0471. The van der Waals surface area contributed by atoms with Gasteiger partial charge in [0.25, 0.3) is 0 Å². The van der Waals surface area contributed by atoms with Crippen molar-refractivity contribution in [1.82, 2.24) is 9.55 Å². The monoisotopic (exact) mass is 262 g/mol. The van der Waals surface area contributed by atoms with E-state index < -0.39 is 11.7 Å². The smallest absolute Gasteiger partial charge is 0.418 e. The zero-order valence-corrected chi connectivity index (χ0v) is 11.3. The van der Waals surface area contributed by atoms with Crippen LogP contribution in [0.2, 0.25) is 0 Å². The van der Waals surface area contributed by atoms with Crippen molar-refractivity contribution >= 4 is 6.09 Å². The molecule has 2 aromatic heterocycles. The van der Waals surface area contributed by atoms with E-state index in [9.17, 15) is 4.79 Å². The first-order valence-electron chi connectivity index (χ1n) is 5.84. The average Bonchev–Trinajstić information content (AvgIpc) is 2.77. The third-order valence-electron chi connectivity index (χ3n) is 1.85. The number of hydrogen-bond donors (Lipinski definition) is 1. The summed E-state index contributed by atoms with van der Waals surface area (Å²) >= 11 is 0. The van der Waals surface area contributed by atoms with E-state index in [1.165, 1.54) is 23.0 Å². The van der Waals surface area contributed by atoms with E-state index in [-0.39, 0.29) is 5.75 Å². The quantitative estimate of drug-likeness (QED) is 0.792. The summed E-state index contributed by atoms with van der Waals surface area (Å²) < 4.78 is 6.25. The molecule has 0 amide bonds. The Morgan fingerprint density at radius 1 is 1.26 bits per heavy atom. The molecule has 0 saturated heterocycles. The van der Waals surface area contributed by atoms with E-state index in [4.69, 9.17) is 9.84 Å². The van der Waals surface area contributed by atoms with Crippen molar-refractivity contribution in [3.63, 3.8) is 0 Å². The summed E-state index contributed by atoms with van der Waals surface area (Å²) in [4.78, 5) is 15.1. The summed E-state index contributed by atoms with van der Waals surface area (Å²) in [5.41, 5.74) is -0.517. The maximum atomic E-state index is 11.3. The zero-order valence-electron chi connectivity index (χ0n) is 11.3. The fourth-order valence-electron chi connectivity index (χ4n) is 1.13. The highest BCUT2D eigenvalue weighted by Crippen LogP contribution is 2.12. The maximum absolute atomic E-state index is 11.3. The standard InChI is InChI=1S/C9H13NO3.C5H5N/c1-9(2,3)13-8(12)10-5-4-7(11)6-10;1-2-4-6-5-3-1/h4-6,11H,1-3H3;1-5H. The van der Waals surface area contributed by atoms with Gasteiger partial charge < -0.3 is 9.84 Å². The van der Waals surface area contributed by atoms with Gasteiger partial charge in [-0.3, -0.25) is 9.55 Å². The SMILES string of the molecule is CC(C)(C)OC(=O)n1ccc(O)c1.c1ccncc1. The molecule has 2 heterocycles. The number of aromatic nitrogens is 2. The summed E-state index contributed by atoms with van der Waals surface area (Å²) in [5, 5.41) is 8.97. The molecule has 0 aliphatic heterocycles. The maximum Gasteiger partial charge on any atom is 0.418 e. The number of ether oxygens (including phenoxy) is 1. The van der Waals surface area contributed by atoms with E-state index in [0.29, 0.717) is 0 Å². The Morgan fingerprint density at radius 3 is 2.21 bits per heavy atom. The highest BCUT2D eigenvalue weighted by atomic mass is 16.6. The molecule has 5 heteroatoms. The minimum Gasteiger partial charge on any atom is -0.506 e. The molecule has 2 rings (SSSR count). The molecule has 0 aliphatic rings. The van der Waals surface area contributed by atoms with Gasteiger partial charge in [-0.1, -0.05) is 6.07 Å². The van der Waals surface area contributed by atoms with Gasteiger partial charge in [-0.05, 0) is 39.0 Å². The van der Waals surface area contributed by atoms with Gasteiger partial charge in [-0.2, -0.15) is 0 Å². The lowest BCUT2D eigenvalue weighted by Crippen LogP contribution is -2.26. The molecule has 0 aromatic carbocycles. The fourth-order valence-corrected chi connectivity index (χ4v) is 1.13. The summed E-state index contributed by atoms with van der Waals surface area (Å²) in [7, 11) is 0. The molecule has 5 nitrogen and oxygen atoms in total. The summed E-state index contributed by atoms with van der Waals surface area (Å²) in [6.45, 7) is 5.36. The number of nitrogens with zero attached hydrogens (tertiary/aromatic N) is 2. The molecule has 0 spiro atoms. The normalized spacial score (nSPS) is 10.3. The van der Waals surface area contributed by atoms with Crippen LogP contribution in [0.15, 0.2) is 49.1 Å². The van der Waals surface area contributed by atoms with Crippen LogP contribution in [0.25, 0.3) is 0 Å². The number of carbonyl (C=O) groups is 1. The molecule has 0 bridgehead atoms. The predicted octanol–water partition coefficient (Wildman–Crippen LogP) is 3.06. The van der Waals surface area contributed by atoms with Gasteiger partial charge in [0.05, 0.1) is 6.20 Å². The number of aromatic hydroxyl groups is 1. The lowest BCUT2D eigenvalue weighted by atomic mass is 10.2. The van der Waals surface area contributed by atoms with Crippen molar-refractivity contribution in [2.24, 2.45) is 0 Å². The van der Waals surface area contributed by atoms with Crippen molar-refractivity contribution in [1.29, 1.82) is 0 Å². The zero-order chi connectivity index (χ0) is 14.3. The van der Waals surface area contributed by atoms with Crippen molar-refractivity contribution in [2.45, 2.75) is 26.4 Å². The van der Waals surface area contributed by atoms with Crippen LogP contribution in [-0.2, 0) is 4.74 Å². The van der Waals surface area contributed by atoms with Gasteiger partial charge in [0.1, 0.15) is 11.4 Å². The van der Waals surface area contributed by atoms with Crippen molar-refractivity contribution in [3.8, 4) is 5.75 Å². The number of pyridine rings is 1. The van der Waals surface area contributed by atoms with Crippen LogP contribution in [0.4, 0.5) is 4.79 Å². The van der Waals surface area contributed by atoms with Crippen LogP contribution in [0.1, 0.15) is 20.8 Å². The highest BCUT2D eigenvalue weighted by molar-refractivity contribution is 5.71. The van der Waals surface area contributed by atoms with E-state index in [0.717, 1.165) is 0 Å². The van der Waals surface area contributed by atoms with Gasteiger partial charge in [0.2, 0.25) is 0 Å². The average molecular weight is 262 g/mol. The summed E-state index contributed by atoms with van der Waals surface area (Å²) in [6, 6.07) is 7.14. The minimum atomic E-state index is -0.517. The molecule has 19 heavy (non-hydrogen) atoms. The van der Waals surface area contributed by atoms with Gasteiger partial charge in [-0.15, -0.1) is 0 Å². The Balaban J connectivity index is 0.000000250. The van der Waals surface area contributed by atoms with Crippen LogP contribution in [0.5, 0.6) is 5.75 Å². The number of rotatable bonds is 0. The van der Waals surface area contributed by atoms with E-state index >= 15 is 0 Å². The van der Waals surface area contributed by atoms with Crippen LogP contribution in [0, 0.1) is 0 Å². The van der Waals surface area contributed by atoms with Crippen molar-refractivity contribution in [2.75, 3.05) is 0 Å². The van der Waals surface area contributed by atoms with Crippen LogP contribution >= 0.6 is 0 Å².